The molecule has 0 bridgehead atoms. The Hall–Kier alpha value is -5.46. The van der Waals surface area contributed by atoms with Gasteiger partial charge in [0.25, 0.3) is 5.56 Å². The summed E-state index contributed by atoms with van der Waals surface area (Å²) in [6.07, 6.45) is 0. The van der Waals surface area contributed by atoms with E-state index >= 15 is 0 Å². The molecule has 2 N–H and O–H groups in total. The molecule has 0 amide bonds. The van der Waals surface area contributed by atoms with Crippen molar-refractivity contribution in [2.24, 2.45) is 5.10 Å². The van der Waals surface area contributed by atoms with Crippen molar-refractivity contribution in [2.75, 3.05) is 55.2 Å². The van der Waals surface area contributed by atoms with E-state index in [-0.39, 0.29) is 17.2 Å². The Morgan fingerprint density at radius 1 is 0.738 bits per heavy atom. The van der Waals surface area contributed by atoms with E-state index in [0.717, 1.165) is 0 Å². The van der Waals surface area contributed by atoms with Crippen molar-refractivity contribution in [3.63, 3.8) is 0 Å². The lowest BCUT2D eigenvalue weighted by Gasteiger charge is -2.16. The molecular weight excluding hydrogens is 546 g/mol. The second-order valence-electron chi connectivity index (χ2n) is 8.47. The van der Waals surface area contributed by atoms with Gasteiger partial charge in [-0.2, -0.15) is 10.2 Å². The summed E-state index contributed by atoms with van der Waals surface area (Å²) < 4.78 is 38.2. The van der Waals surface area contributed by atoms with Crippen LogP contribution in [0, 0.1) is 0 Å². The summed E-state index contributed by atoms with van der Waals surface area (Å²) in [5.74, 6) is 3.06. The Morgan fingerprint density at radius 3 is 1.83 bits per heavy atom. The van der Waals surface area contributed by atoms with Gasteiger partial charge in [-0.15, -0.1) is 0 Å². The molecule has 0 unspecified atom stereocenters. The van der Waals surface area contributed by atoms with Crippen LogP contribution in [0.1, 0.15) is 11.3 Å². The van der Waals surface area contributed by atoms with Gasteiger partial charge in [-0.25, -0.2) is 10.1 Å². The first-order chi connectivity index (χ1) is 20.4. The van der Waals surface area contributed by atoms with Gasteiger partial charge >= 0.3 is 0 Å². The normalized spacial score (nSPS) is 11.0. The quantitative estimate of drug-likeness (QED) is 0.187. The standard InChI is InChI=1S/C29H31N5O8/c1-36-19-10-8-9-18(15-19)31-32-24(16-11-20(37-2)26(41-6)21(12-16)38-3)25-29(35)34-33-28(30-25)17-13-22(39-4)27(42-7)23(14-17)40-5/h8-15,31H,1-7H3,(H,34,35)/b32-24+. The summed E-state index contributed by atoms with van der Waals surface area (Å²) in [4.78, 5) is 17.9. The number of hydrogen-bond donors (Lipinski definition) is 2. The van der Waals surface area contributed by atoms with Gasteiger partial charge < -0.3 is 33.2 Å². The molecule has 0 saturated heterocycles. The van der Waals surface area contributed by atoms with Crippen LogP contribution in [0.15, 0.2) is 58.4 Å². The summed E-state index contributed by atoms with van der Waals surface area (Å²) in [5, 5.41) is 11.3. The first kappa shape index (κ1) is 29.5. The number of nitrogens with zero attached hydrogens (tertiary/aromatic N) is 3. The van der Waals surface area contributed by atoms with E-state index in [2.05, 4.69) is 25.7 Å². The molecule has 0 aliphatic rings. The van der Waals surface area contributed by atoms with Crippen LogP contribution in [0.3, 0.4) is 0 Å². The fourth-order valence-corrected chi connectivity index (χ4v) is 4.12. The first-order valence-electron chi connectivity index (χ1n) is 12.5. The van der Waals surface area contributed by atoms with Gasteiger partial charge in [0.1, 0.15) is 11.5 Å². The molecule has 220 valence electrons. The molecule has 42 heavy (non-hydrogen) atoms. The maximum absolute atomic E-state index is 13.2. The predicted octanol–water partition coefficient (Wildman–Crippen LogP) is 3.76. The van der Waals surface area contributed by atoms with E-state index in [9.17, 15) is 4.79 Å². The average Bonchev–Trinajstić information content (AvgIpc) is 3.04. The van der Waals surface area contributed by atoms with Gasteiger partial charge in [0, 0.05) is 17.2 Å². The van der Waals surface area contributed by atoms with E-state index in [0.29, 0.717) is 57.1 Å². The molecule has 0 aliphatic heterocycles. The van der Waals surface area contributed by atoms with Crippen LogP contribution in [0.4, 0.5) is 5.69 Å². The number of anilines is 1. The average molecular weight is 578 g/mol. The number of aromatic nitrogens is 3. The van der Waals surface area contributed by atoms with Crippen LogP contribution in [0.2, 0.25) is 0 Å². The lowest BCUT2D eigenvalue weighted by atomic mass is 10.1. The zero-order valence-corrected chi connectivity index (χ0v) is 24.2. The van der Waals surface area contributed by atoms with E-state index < -0.39 is 5.56 Å². The van der Waals surface area contributed by atoms with Crippen molar-refractivity contribution in [1.82, 2.24) is 15.2 Å². The molecule has 13 heteroatoms. The molecule has 4 rings (SSSR count). The number of methoxy groups -OCH3 is 7. The number of ether oxygens (including phenoxy) is 7. The van der Waals surface area contributed by atoms with Crippen molar-refractivity contribution >= 4 is 11.4 Å². The van der Waals surface area contributed by atoms with Crippen LogP contribution in [0.25, 0.3) is 11.4 Å². The third-order valence-corrected chi connectivity index (χ3v) is 6.15. The van der Waals surface area contributed by atoms with Crippen LogP contribution < -0.4 is 44.1 Å². The molecule has 0 radical (unpaired) electrons. The smallest absolute Gasteiger partial charge is 0.292 e. The van der Waals surface area contributed by atoms with Crippen LogP contribution in [-0.2, 0) is 0 Å². The van der Waals surface area contributed by atoms with Gasteiger partial charge in [0.2, 0.25) is 11.5 Å². The highest BCUT2D eigenvalue weighted by molar-refractivity contribution is 6.12. The lowest BCUT2D eigenvalue weighted by Crippen LogP contribution is -2.24. The highest BCUT2D eigenvalue weighted by Crippen LogP contribution is 2.41. The van der Waals surface area contributed by atoms with Crippen LogP contribution in [0.5, 0.6) is 40.2 Å². The maximum Gasteiger partial charge on any atom is 0.292 e. The highest BCUT2D eigenvalue weighted by Gasteiger charge is 2.22. The molecule has 13 nitrogen and oxygen atoms in total. The number of H-pyrrole nitrogens is 1. The Morgan fingerprint density at radius 2 is 1.31 bits per heavy atom. The molecule has 0 atom stereocenters. The highest BCUT2D eigenvalue weighted by atomic mass is 16.5. The number of hydrogen-bond acceptors (Lipinski definition) is 12. The Bertz CT molecular complexity index is 1600. The molecule has 0 saturated carbocycles. The molecule has 1 heterocycles. The largest absolute Gasteiger partial charge is 0.497 e. The number of rotatable bonds is 12. The van der Waals surface area contributed by atoms with Crippen molar-refractivity contribution in [3.8, 4) is 51.6 Å². The van der Waals surface area contributed by atoms with Gasteiger partial charge in [-0.1, -0.05) is 6.07 Å². The summed E-state index contributed by atoms with van der Waals surface area (Å²) in [6.45, 7) is 0. The minimum atomic E-state index is -0.592. The fraction of sp³-hybridized carbons (Fsp3) is 0.241. The van der Waals surface area contributed by atoms with Gasteiger partial charge in [0.05, 0.1) is 55.5 Å². The second kappa shape index (κ2) is 13.3. The van der Waals surface area contributed by atoms with E-state index in [1.54, 1.807) is 55.6 Å². The molecule has 0 spiro atoms. The van der Waals surface area contributed by atoms with E-state index in [4.69, 9.17) is 33.2 Å². The fourth-order valence-electron chi connectivity index (χ4n) is 4.12. The number of nitrogens with one attached hydrogen (secondary N) is 2. The monoisotopic (exact) mass is 577 g/mol. The van der Waals surface area contributed by atoms with E-state index in [1.165, 1.54) is 42.7 Å². The van der Waals surface area contributed by atoms with Crippen molar-refractivity contribution in [3.05, 3.63) is 70.1 Å². The molecule has 4 aromatic rings. The van der Waals surface area contributed by atoms with Gasteiger partial charge in [-0.3, -0.25) is 10.2 Å². The molecule has 3 aromatic carbocycles. The third kappa shape index (κ3) is 5.99. The summed E-state index contributed by atoms with van der Waals surface area (Å²) in [6, 6.07) is 13.8. The number of aromatic amines is 1. The van der Waals surface area contributed by atoms with Crippen molar-refractivity contribution in [2.45, 2.75) is 0 Å². The number of benzene rings is 3. The van der Waals surface area contributed by atoms with Crippen LogP contribution >= 0.6 is 0 Å². The topological polar surface area (TPSA) is 148 Å². The minimum Gasteiger partial charge on any atom is -0.497 e. The Labute approximate surface area is 242 Å². The summed E-state index contributed by atoms with van der Waals surface area (Å²) >= 11 is 0. The molecule has 0 aliphatic carbocycles. The summed E-state index contributed by atoms with van der Waals surface area (Å²) in [7, 11) is 10.6. The lowest BCUT2D eigenvalue weighted by molar-refractivity contribution is 0.324. The van der Waals surface area contributed by atoms with Gasteiger partial charge in [0.15, 0.2) is 34.5 Å². The maximum atomic E-state index is 13.2. The number of hydrazone groups is 1. The van der Waals surface area contributed by atoms with E-state index in [1.807, 2.05) is 0 Å². The molecule has 1 aromatic heterocycles. The van der Waals surface area contributed by atoms with Crippen molar-refractivity contribution in [1.29, 1.82) is 0 Å². The Kier molecular flexibility index (Phi) is 9.32. The van der Waals surface area contributed by atoms with Crippen molar-refractivity contribution < 1.29 is 33.2 Å². The zero-order chi connectivity index (χ0) is 30.2. The zero-order valence-electron chi connectivity index (χ0n) is 24.2. The summed E-state index contributed by atoms with van der Waals surface area (Å²) in [5.41, 5.74) is 4.05. The molecular formula is C29H31N5O8. The first-order valence-corrected chi connectivity index (χ1v) is 12.5. The SMILES string of the molecule is COc1cccc(N/N=C(\c2cc(OC)c(OC)c(OC)c2)c2nc(-c3cc(OC)c(OC)c(OC)c3)n[nH]c2=O)c1. The predicted molar refractivity (Wildman–Crippen MR) is 156 cm³/mol. The van der Waals surface area contributed by atoms with Crippen LogP contribution in [-0.4, -0.2) is 70.7 Å². The van der Waals surface area contributed by atoms with Gasteiger partial charge in [-0.05, 0) is 36.4 Å². The molecule has 0 fully saturated rings. The second-order valence-corrected chi connectivity index (χ2v) is 8.47. The Balaban J connectivity index is 1.94. The third-order valence-electron chi connectivity index (χ3n) is 6.15. The minimum absolute atomic E-state index is 0.0431.